The number of ether oxygens (including phenoxy) is 1. The number of nitrogens with one attached hydrogen (secondary N) is 1. The van der Waals surface area contributed by atoms with Crippen LogP contribution in [0.5, 0.6) is 5.75 Å². The van der Waals surface area contributed by atoms with E-state index in [1.54, 1.807) is 11.8 Å². The average Bonchev–Trinajstić information content (AvgIpc) is 2.58. The van der Waals surface area contributed by atoms with Gasteiger partial charge in [0.15, 0.2) is 5.96 Å². The molecule has 2 rings (SSSR count). The first-order valence-corrected chi connectivity index (χ1v) is 8.68. The van der Waals surface area contributed by atoms with Crippen molar-refractivity contribution in [1.82, 2.24) is 10.2 Å². The van der Waals surface area contributed by atoms with E-state index in [9.17, 15) is 9.90 Å². The fourth-order valence-electron chi connectivity index (χ4n) is 2.99. The van der Waals surface area contributed by atoms with E-state index in [4.69, 9.17) is 10.5 Å². The molecule has 0 radical (unpaired) electrons. The number of amides is 1. The highest BCUT2D eigenvalue weighted by Crippen LogP contribution is 2.23. The number of likely N-dealkylation sites (tertiary alicyclic amines) is 1. The Hall–Kier alpha value is -2.44. The Morgan fingerprint density at radius 2 is 1.96 bits per heavy atom. The summed E-state index contributed by atoms with van der Waals surface area (Å²) in [7, 11) is 0. The van der Waals surface area contributed by atoms with Gasteiger partial charge in [0, 0.05) is 19.1 Å². The third-order valence-electron chi connectivity index (χ3n) is 4.36. The summed E-state index contributed by atoms with van der Waals surface area (Å²) >= 11 is 0. The molecule has 1 amide bonds. The van der Waals surface area contributed by atoms with Crippen molar-refractivity contribution in [2.24, 2.45) is 10.7 Å². The number of phenolic OH excluding ortho intramolecular Hbond substituents is 1. The van der Waals surface area contributed by atoms with E-state index in [1.807, 2.05) is 26.0 Å². The third-order valence-corrected chi connectivity index (χ3v) is 4.36. The van der Waals surface area contributed by atoms with Gasteiger partial charge in [0.25, 0.3) is 0 Å². The zero-order valence-electron chi connectivity index (χ0n) is 15.2. The lowest BCUT2D eigenvalue weighted by atomic mass is 10.1. The minimum atomic E-state index is -0.249. The molecule has 0 aromatic heterocycles. The molecule has 1 aliphatic heterocycles. The van der Waals surface area contributed by atoms with Gasteiger partial charge in [0.1, 0.15) is 5.75 Å². The van der Waals surface area contributed by atoms with E-state index in [2.05, 4.69) is 10.3 Å². The van der Waals surface area contributed by atoms with Crippen LogP contribution >= 0.6 is 0 Å². The van der Waals surface area contributed by atoms with Crippen LogP contribution in [0, 0.1) is 13.8 Å². The Morgan fingerprint density at radius 1 is 1.36 bits per heavy atom. The summed E-state index contributed by atoms with van der Waals surface area (Å²) in [6.45, 7) is 7.71. The van der Waals surface area contributed by atoms with Crippen LogP contribution in [-0.2, 0) is 11.3 Å². The van der Waals surface area contributed by atoms with Gasteiger partial charge in [-0.1, -0.05) is 12.1 Å². The molecule has 0 bridgehead atoms. The largest absolute Gasteiger partial charge is 0.507 e. The van der Waals surface area contributed by atoms with E-state index in [1.165, 1.54) is 0 Å². The lowest BCUT2D eigenvalue weighted by molar-refractivity contribution is 0.0963. The minimum Gasteiger partial charge on any atom is -0.507 e. The summed E-state index contributed by atoms with van der Waals surface area (Å²) in [4.78, 5) is 17.8. The number of nitrogens with two attached hydrogens (primary N) is 1. The SMILES string of the molecule is CCOC(=O)N1CCC(NC(N)=NCc2cc(C)c(O)c(C)c2)CC1. The van der Waals surface area contributed by atoms with E-state index in [0.717, 1.165) is 29.5 Å². The van der Waals surface area contributed by atoms with Gasteiger partial charge in [-0.3, -0.25) is 0 Å². The Bertz CT molecular complexity index is 614. The zero-order chi connectivity index (χ0) is 18.4. The molecule has 1 aromatic rings. The van der Waals surface area contributed by atoms with Gasteiger partial charge in [-0.05, 0) is 50.3 Å². The number of benzene rings is 1. The van der Waals surface area contributed by atoms with Crippen molar-refractivity contribution in [2.45, 2.75) is 46.2 Å². The summed E-state index contributed by atoms with van der Waals surface area (Å²) in [5.41, 5.74) is 8.67. The number of carbonyl (C=O) groups excluding carboxylic acids is 1. The second kappa shape index (κ2) is 8.60. The van der Waals surface area contributed by atoms with Crippen molar-refractivity contribution in [3.05, 3.63) is 28.8 Å². The van der Waals surface area contributed by atoms with E-state index >= 15 is 0 Å². The highest BCUT2D eigenvalue weighted by Gasteiger charge is 2.23. The molecule has 1 aromatic carbocycles. The number of piperidine rings is 1. The van der Waals surface area contributed by atoms with Crippen molar-refractivity contribution in [2.75, 3.05) is 19.7 Å². The molecule has 0 spiro atoms. The molecule has 1 fully saturated rings. The summed E-state index contributed by atoms with van der Waals surface area (Å²) < 4.78 is 5.01. The first-order chi connectivity index (χ1) is 11.9. The Balaban J connectivity index is 1.83. The Morgan fingerprint density at radius 3 is 2.52 bits per heavy atom. The molecule has 25 heavy (non-hydrogen) atoms. The maximum absolute atomic E-state index is 11.7. The molecule has 7 heteroatoms. The van der Waals surface area contributed by atoms with Gasteiger partial charge in [0.05, 0.1) is 13.2 Å². The lowest BCUT2D eigenvalue weighted by Gasteiger charge is -2.31. The van der Waals surface area contributed by atoms with Crippen molar-refractivity contribution in [3.63, 3.8) is 0 Å². The first kappa shape index (κ1) is 18.9. The number of guanidine groups is 1. The number of aryl methyl sites for hydroxylation is 2. The first-order valence-electron chi connectivity index (χ1n) is 8.68. The summed E-state index contributed by atoms with van der Waals surface area (Å²) in [5.74, 6) is 0.727. The van der Waals surface area contributed by atoms with Gasteiger partial charge < -0.3 is 25.8 Å². The molecule has 0 atom stereocenters. The summed E-state index contributed by atoms with van der Waals surface area (Å²) in [6, 6.07) is 4.03. The predicted molar refractivity (Wildman–Crippen MR) is 97.7 cm³/mol. The number of hydrogen-bond donors (Lipinski definition) is 3. The number of nitrogens with zero attached hydrogens (tertiary/aromatic N) is 2. The molecule has 1 aliphatic rings. The normalized spacial score (nSPS) is 16.0. The van der Waals surface area contributed by atoms with Gasteiger partial charge in [-0.15, -0.1) is 0 Å². The third kappa shape index (κ3) is 5.27. The van der Waals surface area contributed by atoms with Crippen LogP contribution in [0.15, 0.2) is 17.1 Å². The predicted octanol–water partition coefficient (Wildman–Crippen LogP) is 2.03. The fraction of sp³-hybridized carbons (Fsp3) is 0.556. The van der Waals surface area contributed by atoms with Crippen LogP contribution < -0.4 is 11.1 Å². The van der Waals surface area contributed by atoms with Crippen LogP contribution in [0.4, 0.5) is 4.79 Å². The molecule has 1 heterocycles. The second-order valence-electron chi connectivity index (χ2n) is 6.38. The Kier molecular flexibility index (Phi) is 6.50. The number of hydrogen-bond acceptors (Lipinski definition) is 4. The number of aromatic hydroxyl groups is 1. The van der Waals surface area contributed by atoms with Crippen molar-refractivity contribution >= 4 is 12.1 Å². The van der Waals surface area contributed by atoms with Crippen LogP contribution in [0.25, 0.3) is 0 Å². The van der Waals surface area contributed by atoms with E-state index in [-0.39, 0.29) is 12.1 Å². The highest BCUT2D eigenvalue weighted by atomic mass is 16.6. The Labute approximate surface area is 148 Å². The monoisotopic (exact) mass is 348 g/mol. The smallest absolute Gasteiger partial charge is 0.409 e. The molecule has 138 valence electrons. The molecule has 4 N–H and O–H groups in total. The topological polar surface area (TPSA) is 100 Å². The molecule has 0 saturated carbocycles. The van der Waals surface area contributed by atoms with Gasteiger partial charge >= 0.3 is 6.09 Å². The maximum Gasteiger partial charge on any atom is 0.409 e. The van der Waals surface area contributed by atoms with E-state index < -0.39 is 0 Å². The van der Waals surface area contributed by atoms with Crippen molar-refractivity contribution in [1.29, 1.82) is 0 Å². The number of phenols is 1. The quantitative estimate of drug-likeness (QED) is 0.571. The molecular weight excluding hydrogens is 320 g/mol. The molecular formula is C18H28N4O3. The van der Waals surface area contributed by atoms with Gasteiger partial charge in [-0.25, -0.2) is 9.79 Å². The zero-order valence-corrected chi connectivity index (χ0v) is 15.2. The van der Waals surface area contributed by atoms with Crippen LogP contribution in [0.1, 0.15) is 36.5 Å². The van der Waals surface area contributed by atoms with Crippen LogP contribution in [-0.4, -0.2) is 47.8 Å². The summed E-state index contributed by atoms with van der Waals surface area (Å²) in [6.07, 6.45) is 1.37. The average molecular weight is 348 g/mol. The molecule has 7 nitrogen and oxygen atoms in total. The standard InChI is InChI=1S/C18H28N4O3/c1-4-25-18(24)22-7-5-15(6-8-22)21-17(19)20-11-14-9-12(2)16(23)13(3)10-14/h9-10,15,23H,4-8,11H2,1-3H3,(H3,19,20,21). The minimum absolute atomic E-state index is 0.206. The second-order valence-corrected chi connectivity index (χ2v) is 6.38. The maximum atomic E-state index is 11.7. The van der Waals surface area contributed by atoms with Crippen molar-refractivity contribution < 1.29 is 14.6 Å². The van der Waals surface area contributed by atoms with Gasteiger partial charge in [0.2, 0.25) is 0 Å². The fourth-order valence-corrected chi connectivity index (χ4v) is 2.99. The number of aliphatic imine (C=N–C) groups is 1. The lowest BCUT2D eigenvalue weighted by Crippen LogP contribution is -2.48. The molecule has 0 unspecified atom stereocenters. The highest BCUT2D eigenvalue weighted by molar-refractivity contribution is 5.78. The van der Waals surface area contributed by atoms with Crippen molar-refractivity contribution in [3.8, 4) is 5.75 Å². The van der Waals surface area contributed by atoms with Crippen LogP contribution in [0.3, 0.4) is 0 Å². The number of carbonyl (C=O) groups is 1. The summed E-state index contributed by atoms with van der Waals surface area (Å²) in [5, 5.41) is 13.0. The van der Waals surface area contributed by atoms with Crippen LogP contribution in [0.2, 0.25) is 0 Å². The van der Waals surface area contributed by atoms with E-state index in [0.29, 0.717) is 38.0 Å². The molecule has 1 saturated heterocycles. The molecule has 0 aliphatic carbocycles. The number of rotatable bonds is 4. The van der Waals surface area contributed by atoms with Gasteiger partial charge in [-0.2, -0.15) is 0 Å².